The topological polar surface area (TPSA) is 192 Å². The summed E-state index contributed by atoms with van der Waals surface area (Å²) in [4.78, 5) is 58.5. The maximum absolute atomic E-state index is 14.4. The van der Waals surface area contributed by atoms with Crippen molar-refractivity contribution >= 4 is 50.5 Å². The molecule has 1 amide bonds. The molecule has 2 aliphatic carbocycles. The maximum Gasteiger partial charge on any atom is 0.225 e. The summed E-state index contributed by atoms with van der Waals surface area (Å²) in [5.41, 5.74) is -0.375. The van der Waals surface area contributed by atoms with Crippen LogP contribution in [0.5, 0.6) is 11.5 Å². The molecule has 4 N–H and O–H groups in total. The van der Waals surface area contributed by atoms with Crippen molar-refractivity contribution in [1.29, 1.82) is 0 Å². The number of nitrogens with one attached hydrogen (secondary N) is 2. The number of benzene rings is 2. The number of hydrogen-bond acceptors (Lipinski definition) is 15. The zero-order valence-corrected chi connectivity index (χ0v) is 32.9. The molecule has 0 bridgehead atoms. The fourth-order valence-electron chi connectivity index (χ4n) is 7.75. The van der Waals surface area contributed by atoms with Crippen LogP contribution in [0.4, 0.5) is 5.69 Å². The lowest BCUT2D eigenvalue weighted by molar-refractivity contribution is -0.249. The van der Waals surface area contributed by atoms with Crippen LogP contribution < -0.4 is 10.6 Å². The van der Waals surface area contributed by atoms with Crippen LogP contribution in [0.1, 0.15) is 88.6 Å². The van der Waals surface area contributed by atoms with Gasteiger partial charge in [-0.2, -0.15) is 0 Å². The van der Waals surface area contributed by atoms with Crippen molar-refractivity contribution in [2.75, 3.05) is 37.9 Å². The Morgan fingerprint density at radius 1 is 1.05 bits per heavy atom. The van der Waals surface area contributed by atoms with Gasteiger partial charge in [-0.3, -0.25) is 24.5 Å². The van der Waals surface area contributed by atoms with Crippen molar-refractivity contribution in [3.63, 3.8) is 0 Å². The van der Waals surface area contributed by atoms with Gasteiger partial charge in [-0.05, 0) is 68.5 Å². The number of pyridine rings is 1. The number of nitrogens with zero attached hydrogens (tertiary/aromatic N) is 1. The number of methoxy groups -OCH3 is 1. The maximum atomic E-state index is 14.4. The molecule has 4 aliphatic rings. The first kappa shape index (κ1) is 40.3. The number of hydrogen-bond donors (Lipinski definition) is 4. The van der Waals surface area contributed by atoms with Crippen LogP contribution in [0.25, 0.3) is 0 Å². The average molecular weight is 808 g/mol. The molecule has 56 heavy (non-hydrogen) atoms. The summed E-state index contributed by atoms with van der Waals surface area (Å²) in [6, 6.07) is 10.1. The number of aromatic nitrogens is 1. The Labute approximate surface area is 332 Å². The second-order valence-electron chi connectivity index (χ2n) is 14.3. The van der Waals surface area contributed by atoms with Gasteiger partial charge in [0.1, 0.15) is 22.3 Å². The lowest BCUT2D eigenvalue weighted by Gasteiger charge is -2.40. The summed E-state index contributed by atoms with van der Waals surface area (Å²) in [6.07, 6.45) is 0.295. The normalized spacial score (nSPS) is 25.9. The van der Waals surface area contributed by atoms with Gasteiger partial charge < -0.3 is 39.2 Å². The van der Waals surface area contributed by atoms with Crippen molar-refractivity contribution in [2.24, 2.45) is 11.8 Å². The fraction of sp³-hybridized carbons (Fsp3) is 0.475. The molecule has 7 atom stereocenters. The summed E-state index contributed by atoms with van der Waals surface area (Å²) in [5.74, 6) is -2.99. The first-order valence-electron chi connectivity index (χ1n) is 18.7. The van der Waals surface area contributed by atoms with E-state index >= 15 is 0 Å². The SMILES string of the molecule is CO[C@H]1OCCN[C@@H]1OC[C@H]1CC[C@H](O[C@H]2C[C@H](C(C)=O)Cc3c(O)c4c(c(O)c32)C(=O)c2c(NC(=O)CCSSc3ccccn3)cccc2C4=O)O[C@H]1C. The summed E-state index contributed by atoms with van der Waals surface area (Å²) < 4.78 is 29.9. The zero-order chi connectivity index (χ0) is 39.5. The molecular formula is C40H45N3O11S2. The van der Waals surface area contributed by atoms with Crippen molar-refractivity contribution in [2.45, 2.75) is 82.0 Å². The number of anilines is 1. The number of phenols is 2. The molecule has 7 rings (SSSR count). The number of carbonyl (C=O) groups is 4. The molecule has 0 spiro atoms. The van der Waals surface area contributed by atoms with Crippen LogP contribution in [0.2, 0.25) is 0 Å². The first-order chi connectivity index (χ1) is 27.0. The summed E-state index contributed by atoms with van der Waals surface area (Å²) in [7, 11) is 4.46. The number of fused-ring (bicyclic) bond motifs is 3. The van der Waals surface area contributed by atoms with Crippen molar-refractivity contribution < 1.29 is 53.1 Å². The third kappa shape index (κ3) is 8.38. The van der Waals surface area contributed by atoms with E-state index in [-0.39, 0.29) is 82.0 Å². The molecule has 2 aromatic carbocycles. The Morgan fingerprint density at radius 3 is 2.62 bits per heavy atom. The molecule has 14 nitrogen and oxygen atoms in total. The summed E-state index contributed by atoms with van der Waals surface area (Å²) in [5, 5.41) is 30.5. The second kappa shape index (κ2) is 17.7. The number of aromatic hydroxyl groups is 2. The molecule has 0 unspecified atom stereocenters. The van der Waals surface area contributed by atoms with E-state index in [0.717, 1.165) is 5.03 Å². The van der Waals surface area contributed by atoms with Crippen LogP contribution in [0, 0.1) is 11.8 Å². The van der Waals surface area contributed by atoms with E-state index in [0.29, 0.717) is 38.4 Å². The molecule has 0 saturated carbocycles. The minimum Gasteiger partial charge on any atom is -0.507 e. The summed E-state index contributed by atoms with van der Waals surface area (Å²) in [6.45, 7) is 4.93. The van der Waals surface area contributed by atoms with E-state index in [1.807, 2.05) is 25.1 Å². The highest BCUT2D eigenvalue weighted by Gasteiger charge is 2.44. The van der Waals surface area contributed by atoms with Gasteiger partial charge in [-0.25, -0.2) is 4.98 Å². The van der Waals surface area contributed by atoms with E-state index in [1.165, 1.54) is 40.6 Å². The van der Waals surface area contributed by atoms with Gasteiger partial charge in [0, 0.05) is 60.6 Å². The third-order valence-corrected chi connectivity index (χ3v) is 13.0. The molecule has 3 aromatic rings. The number of ketones is 3. The highest BCUT2D eigenvalue weighted by Crippen LogP contribution is 2.51. The molecule has 1 aromatic heterocycles. The molecule has 16 heteroatoms. The number of morpholine rings is 1. The van der Waals surface area contributed by atoms with Gasteiger partial charge in [-0.1, -0.05) is 29.0 Å². The van der Waals surface area contributed by atoms with Crippen LogP contribution in [0.15, 0.2) is 47.6 Å². The highest BCUT2D eigenvalue weighted by atomic mass is 33.1. The standard InChI is InChI=1S/C40H45N3O11S2/c1-20(44)23-17-25-32(27(18-23)54-30-11-10-22(21(2)53-30)19-52-39-40(50-3)51-15-14-42-39)38(49)34-33(36(25)47)35(46)24-7-6-8-26(31(24)37(34)48)43-28(45)12-16-55-56-29-9-4-5-13-41-29/h4-9,13,21-23,27,30,39-40,42,47,49H,10-12,14-19H2,1-3H3,(H,43,45)/t21-,22+,23+,27-,30-,39+,40-/m0/s1. The van der Waals surface area contributed by atoms with Crippen molar-refractivity contribution in [1.82, 2.24) is 10.3 Å². The minimum absolute atomic E-state index is 0.0191. The number of ether oxygens (including phenoxy) is 5. The summed E-state index contributed by atoms with van der Waals surface area (Å²) >= 11 is 0. The van der Waals surface area contributed by atoms with E-state index in [4.69, 9.17) is 23.7 Å². The van der Waals surface area contributed by atoms with Gasteiger partial charge in [0.25, 0.3) is 0 Å². The molecule has 2 fully saturated rings. The Morgan fingerprint density at radius 2 is 1.88 bits per heavy atom. The molecule has 2 saturated heterocycles. The van der Waals surface area contributed by atoms with Gasteiger partial charge in [0.2, 0.25) is 5.91 Å². The number of carbonyl (C=O) groups excluding carboxylic acids is 4. The fourth-order valence-corrected chi connectivity index (χ4v) is 9.61. The van der Waals surface area contributed by atoms with Crippen molar-refractivity contribution in [3.8, 4) is 11.5 Å². The lowest BCUT2D eigenvalue weighted by atomic mass is 9.73. The number of phenolic OH excluding ortho intramolecular Hbond substituents is 2. The molecule has 3 heterocycles. The molecular weight excluding hydrogens is 763 g/mol. The van der Waals surface area contributed by atoms with Gasteiger partial charge in [0.05, 0.1) is 47.8 Å². The van der Waals surface area contributed by atoms with Crippen LogP contribution in [0.3, 0.4) is 0 Å². The minimum atomic E-state index is -0.944. The molecule has 298 valence electrons. The van der Waals surface area contributed by atoms with Gasteiger partial charge >= 0.3 is 0 Å². The predicted molar refractivity (Wildman–Crippen MR) is 207 cm³/mol. The molecule has 2 aliphatic heterocycles. The Hall–Kier alpha value is -3.87. The first-order valence-corrected chi connectivity index (χ1v) is 21.0. The Balaban J connectivity index is 1.09. The van der Waals surface area contributed by atoms with Crippen molar-refractivity contribution in [3.05, 3.63) is 76.0 Å². The predicted octanol–water partition coefficient (Wildman–Crippen LogP) is 5.32. The van der Waals surface area contributed by atoms with Crippen LogP contribution in [-0.4, -0.2) is 96.0 Å². The number of rotatable bonds is 13. The smallest absolute Gasteiger partial charge is 0.225 e. The van der Waals surface area contributed by atoms with Crippen LogP contribution in [-0.2, 0) is 39.7 Å². The Kier molecular flexibility index (Phi) is 12.8. The highest BCUT2D eigenvalue weighted by molar-refractivity contribution is 8.76. The zero-order valence-electron chi connectivity index (χ0n) is 31.3. The Bertz CT molecular complexity index is 1980. The van der Waals surface area contributed by atoms with E-state index in [1.54, 1.807) is 19.4 Å². The quantitative estimate of drug-likeness (QED) is 0.0770. The van der Waals surface area contributed by atoms with Gasteiger partial charge in [0.15, 0.2) is 30.4 Å². The van der Waals surface area contributed by atoms with Gasteiger partial charge in [-0.15, -0.1) is 0 Å². The van der Waals surface area contributed by atoms with Crippen LogP contribution >= 0.6 is 21.6 Å². The van der Waals surface area contributed by atoms with E-state index < -0.39 is 53.9 Å². The lowest BCUT2D eigenvalue weighted by Crippen LogP contribution is -2.51. The average Bonchev–Trinajstić information content (AvgIpc) is 3.19. The van der Waals surface area contributed by atoms with E-state index in [2.05, 4.69) is 15.6 Å². The number of Topliss-reactive ketones (excluding diaryl/α,β-unsaturated/α-hetero) is 1. The molecule has 0 radical (unpaired) electrons. The largest absolute Gasteiger partial charge is 0.507 e. The monoisotopic (exact) mass is 807 g/mol. The second-order valence-corrected chi connectivity index (χ2v) is 16.7. The van der Waals surface area contributed by atoms with E-state index in [9.17, 15) is 29.4 Å². The number of amides is 1. The third-order valence-electron chi connectivity index (χ3n) is 10.7.